The van der Waals surface area contributed by atoms with Crippen LogP contribution in [0.1, 0.15) is 33.3 Å². The van der Waals surface area contributed by atoms with Crippen molar-refractivity contribution in [3.63, 3.8) is 0 Å². The molecule has 2 N–H and O–H groups in total. The number of amides is 1. The molecular weight excluding hydrogens is 578 g/mol. The van der Waals surface area contributed by atoms with E-state index in [1.807, 2.05) is 48.5 Å². The molecule has 4 aromatic carbocycles. The van der Waals surface area contributed by atoms with Crippen molar-refractivity contribution in [1.82, 2.24) is 10.4 Å². The lowest BCUT2D eigenvalue weighted by Crippen LogP contribution is -2.18. The number of nitrogens with zero attached hydrogens (tertiary/aromatic N) is 1. The molecule has 0 atom stereocenters. The average Bonchev–Trinajstić information content (AvgIpc) is 3.44. The van der Waals surface area contributed by atoms with Gasteiger partial charge in [-0.25, -0.2) is 10.2 Å². The molecule has 11 nitrogen and oxygen atoms in total. The number of ether oxygens (including phenoxy) is 5. The molecule has 0 bridgehead atoms. The lowest BCUT2D eigenvalue weighted by atomic mass is 10.0. The van der Waals surface area contributed by atoms with Crippen molar-refractivity contribution in [3.8, 4) is 39.9 Å². The monoisotopic (exact) mass is 607 g/mol. The van der Waals surface area contributed by atoms with Crippen molar-refractivity contribution in [1.29, 1.82) is 0 Å². The zero-order valence-electron chi connectivity index (χ0n) is 24.9. The number of benzene rings is 4. The lowest BCUT2D eigenvalue weighted by Gasteiger charge is -2.12. The van der Waals surface area contributed by atoms with E-state index in [1.54, 1.807) is 25.3 Å². The van der Waals surface area contributed by atoms with Gasteiger partial charge in [-0.2, -0.15) is 5.10 Å². The minimum atomic E-state index is -0.681. The molecule has 1 amide bonds. The average molecular weight is 608 g/mol. The van der Waals surface area contributed by atoms with Crippen LogP contribution < -0.4 is 29.1 Å². The van der Waals surface area contributed by atoms with E-state index in [-0.39, 0.29) is 28.6 Å². The first-order valence-electron chi connectivity index (χ1n) is 13.7. The molecule has 45 heavy (non-hydrogen) atoms. The minimum Gasteiger partial charge on any atom is -0.497 e. The third-order valence-corrected chi connectivity index (χ3v) is 6.72. The summed E-state index contributed by atoms with van der Waals surface area (Å²) in [6.07, 6.45) is 1.44. The number of hydrogen-bond donors (Lipinski definition) is 2. The third-order valence-electron chi connectivity index (χ3n) is 6.72. The molecule has 0 spiro atoms. The van der Waals surface area contributed by atoms with Crippen molar-refractivity contribution < 1.29 is 38.1 Å². The summed E-state index contributed by atoms with van der Waals surface area (Å²) in [4.78, 5) is 40.7. The molecule has 0 aliphatic carbocycles. The summed E-state index contributed by atoms with van der Waals surface area (Å²) in [5.74, 6) is -0.172. The molecule has 5 rings (SSSR count). The number of aromatic amines is 1. The van der Waals surface area contributed by atoms with E-state index < -0.39 is 17.8 Å². The number of esters is 2. The Morgan fingerprint density at radius 2 is 1.47 bits per heavy atom. The van der Waals surface area contributed by atoms with E-state index in [0.29, 0.717) is 17.0 Å². The third kappa shape index (κ3) is 6.78. The van der Waals surface area contributed by atoms with Crippen LogP contribution >= 0.6 is 0 Å². The SMILES string of the molecule is COc1ccc2[nH]c(C(=O)NN=Cc3ccc(OC(=O)c4ccc(OC(C)=O)c(OC)c4)c(OC)c3)c(-c3ccccc3)c2c1. The summed E-state index contributed by atoms with van der Waals surface area (Å²) in [5.41, 5.74) is 6.03. The van der Waals surface area contributed by atoms with Crippen molar-refractivity contribution in [2.75, 3.05) is 21.3 Å². The number of rotatable bonds is 10. The summed E-state index contributed by atoms with van der Waals surface area (Å²) in [6, 6.07) is 24.2. The first kappa shape index (κ1) is 30.4. The second-order valence-electron chi connectivity index (χ2n) is 9.61. The number of methoxy groups -OCH3 is 3. The Morgan fingerprint density at radius 1 is 0.756 bits per heavy atom. The van der Waals surface area contributed by atoms with Crippen LogP contribution in [0.5, 0.6) is 28.7 Å². The highest BCUT2D eigenvalue weighted by Crippen LogP contribution is 2.35. The van der Waals surface area contributed by atoms with E-state index >= 15 is 0 Å². The van der Waals surface area contributed by atoms with Gasteiger partial charge in [0, 0.05) is 23.4 Å². The van der Waals surface area contributed by atoms with E-state index in [4.69, 9.17) is 23.7 Å². The van der Waals surface area contributed by atoms with Gasteiger partial charge in [-0.15, -0.1) is 0 Å². The first-order chi connectivity index (χ1) is 21.8. The fourth-order valence-corrected chi connectivity index (χ4v) is 4.64. The number of aromatic nitrogens is 1. The largest absolute Gasteiger partial charge is 0.497 e. The maximum Gasteiger partial charge on any atom is 0.343 e. The number of nitrogens with one attached hydrogen (secondary N) is 2. The van der Waals surface area contributed by atoms with Crippen LogP contribution in [0.4, 0.5) is 0 Å². The highest BCUT2D eigenvalue weighted by atomic mass is 16.6. The predicted octanol–water partition coefficient (Wildman–Crippen LogP) is 5.77. The topological polar surface area (TPSA) is 138 Å². The molecule has 228 valence electrons. The van der Waals surface area contributed by atoms with Crippen LogP contribution in [0.3, 0.4) is 0 Å². The summed E-state index contributed by atoms with van der Waals surface area (Å²) >= 11 is 0. The molecule has 0 radical (unpaired) electrons. The number of hydrogen-bond acceptors (Lipinski definition) is 9. The fourth-order valence-electron chi connectivity index (χ4n) is 4.64. The Labute approximate surface area is 258 Å². The molecule has 0 saturated carbocycles. The predicted molar refractivity (Wildman–Crippen MR) is 168 cm³/mol. The van der Waals surface area contributed by atoms with Gasteiger partial charge < -0.3 is 28.7 Å². The van der Waals surface area contributed by atoms with Crippen LogP contribution in [-0.4, -0.2) is 50.4 Å². The molecule has 5 aromatic rings. The zero-order chi connectivity index (χ0) is 31.9. The van der Waals surface area contributed by atoms with Gasteiger partial charge in [0.2, 0.25) is 0 Å². The van der Waals surface area contributed by atoms with Gasteiger partial charge in [0.05, 0.1) is 33.1 Å². The second kappa shape index (κ2) is 13.5. The fraction of sp³-hybridized carbons (Fsp3) is 0.118. The maximum atomic E-state index is 13.3. The standard InChI is InChI=1S/C34H29N3O8/c1-20(38)44-27-15-11-23(17-30(27)43-4)34(40)45-28-14-10-21(16-29(28)42-3)19-35-37-33(39)32-31(22-8-6-5-7-9-22)25-18-24(41-2)12-13-26(25)36-32/h5-19,36H,1-4H3,(H,37,39). The van der Waals surface area contributed by atoms with Gasteiger partial charge in [-0.05, 0) is 65.7 Å². The maximum absolute atomic E-state index is 13.3. The Balaban J connectivity index is 1.32. The van der Waals surface area contributed by atoms with Gasteiger partial charge in [0.1, 0.15) is 11.4 Å². The normalized spacial score (nSPS) is 10.8. The summed E-state index contributed by atoms with van der Waals surface area (Å²) in [7, 11) is 4.42. The second-order valence-corrected chi connectivity index (χ2v) is 9.61. The number of hydrazone groups is 1. The van der Waals surface area contributed by atoms with Crippen LogP contribution in [0, 0.1) is 0 Å². The molecule has 0 aliphatic rings. The zero-order valence-corrected chi connectivity index (χ0v) is 24.9. The molecule has 1 aromatic heterocycles. The number of carbonyl (C=O) groups is 3. The van der Waals surface area contributed by atoms with Gasteiger partial charge in [-0.3, -0.25) is 9.59 Å². The molecular formula is C34H29N3O8. The summed E-state index contributed by atoms with van der Waals surface area (Å²) in [6.45, 7) is 1.26. The number of H-pyrrole nitrogens is 1. The lowest BCUT2D eigenvalue weighted by molar-refractivity contribution is -0.132. The van der Waals surface area contributed by atoms with Crippen molar-refractivity contribution in [2.45, 2.75) is 6.92 Å². The van der Waals surface area contributed by atoms with Crippen LogP contribution in [0.15, 0.2) is 90.0 Å². The Hall–Kier alpha value is -6.10. The Morgan fingerprint density at radius 3 is 2.18 bits per heavy atom. The molecule has 0 saturated heterocycles. The molecule has 0 unspecified atom stereocenters. The van der Waals surface area contributed by atoms with Gasteiger partial charge in [-0.1, -0.05) is 30.3 Å². The van der Waals surface area contributed by atoms with Crippen molar-refractivity contribution in [3.05, 3.63) is 102 Å². The summed E-state index contributed by atoms with van der Waals surface area (Å²) < 4.78 is 26.7. The Bertz CT molecular complexity index is 1910. The quantitative estimate of drug-likeness (QED) is 0.0884. The van der Waals surface area contributed by atoms with Gasteiger partial charge >= 0.3 is 11.9 Å². The highest BCUT2D eigenvalue weighted by molar-refractivity contribution is 6.10. The van der Waals surface area contributed by atoms with E-state index in [2.05, 4.69) is 15.5 Å². The van der Waals surface area contributed by atoms with Gasteiger partial charge in [0.15, 0.2) is 23.0 Å². The summed E-state index contributed by atoms with van der Waals surface area (Å²) in [5, 5.41) is 4.97. The molecule has 0 fully saturated rings. The molecule has 1 heterocycles. The first-order valence-corrected chi connectivity index (χ1v) is 13.7. The molecule has 11 heteroatoms. The van der Waals surface area contributed by atoms with E-state index in [9.17, 15) is 14.4 Å². The van der Waals surface area contributed by atoms with Crippen LogP contribution in [-0.2, 0) is 4.79 Å². The molecule has 0 aliphatic heterocycles. The minimum absolute atomic E-state index is 0.160. The number of carbonyl (C=O) groups excluding carboxylic acids is 3. The van der Waals surface area contributed by atoms with E-state index in [0.717, 1.165) is 22.0 Å². The van der Waals surface area contributed by atoms with Gasteiger partial charge in [0.25, 0.3) is 5.91 Å². The van der Waals surface area contributed by atoms with Crippen molar-refractivity contribution in [2.24, 2.45) is 5.10 Å². The van der Waals surface area contributed by atoms with E-state index in [1.165, 1.54) is 45.6 Å². The smallest absolute Gasteiger partial charge is 0.343 e. The van der Waals surface area contributed by atoms with Crippen LogP contribution in [0.25, 0.3) is 22.0 Å². The highest BCUT2D eigenvalue weighted by Gasteiger charge is 2.20. The van der Waals surface area contributed by atoms with Crippen molar-refractivity contribution >= 4 is 35.0 Å². The van der Waals surface area contributed by atoms with Crippen LogP contribution in [0.2, 0.25) is 0 Å². The number of fused-ring (bicyclic) bond motifs is 1. The Kier molecular flexibility index (Phi) is 9.09.